The molecule has 0 aliphatic rings. The van der Waals surface area contributed by atoms with E-state index in [-0.39, 0.29) is 37.3 Å². The Morgan fingerprint density at radius 3 is 1.96 bits per heavy atom. The van der Waals surface area contributed by atoms with Crippen LogP contribution in [0.5, 0.6) is 0 Å². The van der Waals surface area contributed by atoms with Gasteiger partial charge in [0.05, 0.1) is 12.6 Å². The summed E-state index contributed by atoms with van der Waals surface area (Å²) >= 11 is 1.49. The zero-order chi connectivity index (χ0) is 38.6. The zero-order valence-electron chi connectivity index (χ0n) is 29.7. The lowest BCUT2D eigenvalue weighted by Gasteiger charge is -2.23. The normalized spacial score (nSPS) is 13.5. The largest absolute Gasteiger partial charge is 0.370 e. The second kappa shape index (κ2) is 22.6. The molecular weight excluding hydrogens is 689 g/mol. The first kappa shape index (κ1) is 42.9. The van der Waals surface area contributed by atoms with E-state index in [1.807, 2.05) is 20.1 Å². The van der Waals surface area contributed by atoms with Crippen LogP contribution in [0, 0.1) is 5.92 Å². The van der Waals surface area contributed by atoms with E-state index in [0.29, 0.717) is 23.3 Å². The van der Waals surface area contributed by atoms with Crippen LogP contribution >= 0.6 is 11.8 Å². The third-order valence-electron chi connectivity index (χ3n) is 7.61. The molecule has 0 spiro atoms. The van der Waals surface area contributed by atoms with Crippen LogP contribution in [-0.2, 0) is 40.0 Å². The average Bonchev–Trinajstić information content (AvgIpc) is 3.10. The van der Waals surface area contributed by atoms with Crippen LogP contribution in [0.3, 0.4) is 0 Å². The van der Waals surface area contributed by atoms with Crippen molar-refractivity contribution in [2.75, 3.05) is 18.6 Å². The number of hydrogen-bond donors (Lipinski definition) is 8. The number of carbonyl (C=O) groups excluding carboxylic acids is 7. The molecule has 2 aromatic carbocycles. The summed E-state index contributed by atoms with van der Waals surface area (Å²) in [5, 5.41) is 12.9. The van der Waals surface area contributed by atoms with Gasteiger partial charge in [-0.15, -0.1) is 0 Å². The third-order valence-corrected chi connectivity index (χ3v) is 8.25. The van der Waals surface area contributed by atoms with Gasteiger partial charge < -0.3 is 43.8 Å². The van der Waals surface area contributed by atoms with Crippen LogP contribution in [0.4, 0.5) is 0 Å². The van der Waals surface area contributed by atoms with Crippen LogP contribution in [0.1, 0.15) is 50.7 Å². The number of carbonyl (C=O) groups is 7. The number of primary amides is 2. The van der Waals surface area contributed by atoms with E-state index >= 15 is 0 Å². The van der Waals surface area contributed by atoms with Gasteiger partial charge in [0.25, 0.3) is 5.91 Å². The first-order valence-corrected chi connectivity index (χ1v) is 18.2. The summed E-state index contributed by atoms with van der Waals surface area (Å²) in [6, 6.07) is 13.2. The van der Waals surface area contributed by atoms with Crippen molar-refractivity contribution in [3.05, 3.63) is 77.5 Å². The topological polar surface area (TPSA) is 258 Å². The molecular formula is C36H50N8O7S. The summed E-state index contributed by atoms with van der Waals surface area (Å²) < 4.78 is 0. The van der Waals surface area contributed by atoms with Crippen LogP contribution in [0.2, 0.25) is 0 Å². The maximum Gasteiger partial charge on any atom is 0.268 e. The molecule has 4 atom stereocenters. The minimum absolute atomic E-state index is 0.0125. The molecule has 52 heavy (non-hydrogen) atoms. The van der Waals surface area contributed by atoms with Gasteiger partial charge in [-0.2, -0.15) is 11.8 Å². The van der Waals surface area contributed by atoms with Gasteiger partial charge in [-0.1, -0.05) is 74.5 Å². The summed E-state index contributed by atoms with van der Waals surface area (Å²) in [5.74, 6) is -4.31. The Morgan fingerprint density at radius 2 is 1.38 bits per heavy atom. The SMILES string of the molecule is CSCC[C@H](NC(=O)[C@H](CC(C)C)NC(=O)CNC(=O)/C(=C\c1ccccc1)NC(=O)[C@H](Cc1ccccc1)NC(=O)[C@@H](N)CCC(N)=O)C(N)=O. The first-order chi connectivity index (χ1) is 24.7. The molecule has 2 aromatic rings. The smallest absolute Gasteiger partial charge is 0.268 e. The van der Waals surface area contributed by atoms with Crippen molar-refractivity contribution in [2.45, 2.75) is 70.1 Å². The summed E-state index contributed by atoms with van der Waals surface area (Å²) in [6.45, 7) is 3.16. The molecule has 0 heterocycles. The fraction of sp³-hybridized carbons (Fsp3) is 0.417. The molecule has 0 saturated heterocycles. The average molecular weight is 739 g/mol. The standard InChI is InChI=1S/C36H50N8O7S/c1-22(2)18-27(35(50)42-26(32(39)47)16-17-52-3)41-31(46)21-40-34(49)28(19-23-10-6-4-7-11-23)44-36(51)29(20-24-12-8-5-9-13-24)43-33(48)25(37)14-15-30(38)45/h4-13,19,22,25-27,29H,14-18,20-21,37H2,1-3H3,(H2,38,45)(H2,39,47)(H,40,49)(H,41,46)(H,42,50)(H,43,48)(H,44,51)/b28-19+/t25-,26-,27-,29-/m0/s1. The number of nitrogens with one attached hydrogen (secondary N) is 5. The summed E-state index contributed by atoms with van der Waals surface area (Å²) in [6.07, 6.45) is 3.70. The fourth-order valence-corrected chi connectivity index (χ4v) is 5.33. The van der Waals surface area contributed by atoms with Crippen molar-refractivity contribution >= 4 is 59.2 Å². The van der Waals surface area contributed by atoms with E-state index in [2.05, 4.69) is 26.6 Å². The van der Waals surface area contributed by atoms with Gasteiger partial charge in [0.2, 0.25) is 35.4 Å². The predicted molar refractivity (Wildman–Crippen MR) is 200 cm³/mol. The van der Waals surface area contributed by atoms with Crippen LogP contribution in [0.15, 0.2) is 66.4 Å². The lowest BCUT2D eigenvalue weighted by molar-refractivity contribution is -0.132. The van der Waals surface area contributed by atoms with E-state index in [0.717, 1.165) is 0 Å². The van der Waals surface area contributed by atoms with E-state index in [1.54, 1.807) is 60.7 Å². The summed E-state index contributed by atoms with van der Waals surface area (Å²) in [5.41, 5.74) is 17.6. The van der Waals surface area contributed by atoms with Gasteiger partial charge >= 0.3 is 0 Å². The Labute approximate surface area is 308 Å². The van der Waals surface area contributed by atoms with Crippen molar-refractivity contribution in [1.29, 1.82) is 0 Å². The summed E-state index contributed by atoms with van der Waals surface area (Å²) in [7, 11) is 0. The number of amides is 7. The van der Waals surface area contributed by atoms with Crippen molar-refractivity contribution in [2.24, 2.45) is 23.1 Å². The Bertz CT molecular complexity index is 1560. The maximum atomic E-state index is 13.7. The van der Waals surface area contributed by atoms with E-state index < -0.39 is 72.1 Å². The second-order valence-corrected chi connectivity index (χ2v) is 13.5. The van der Waals surface area contributed by atoms with Crippen LogP contribution in [0.25, 0.3) is 6.08 Å². The Hall–Kier alpha value is -5.22. The number of thioether (sulfide) groups is 1. The number of benzene rings is 2. The minimum Gasteiger partial charge on any atom is -0.370 e. The van der Waals surface area contributed by atoms with Crippen molar-refractivity contribution in [1.82, 2.24) is 26.6 Å². The highest BCUT2D eigenvalue weighted by Gasteiger charge is 2.28. The van der Waals surface area contributed by atoms with Gasteiger partial charge in [-0.25, -0.2) is 0 Å². The van der Waals surface area contributed by atoms with E-state index in [1.165, 1.54) is 17.8 Å². The van der Waals surface area contributed by atoms with Gasteiger partial charge in [-0.05, 0) is 54.4 Å². The molecule has 0 aliphatic heterocycles. The molecule has 0 aromatic heterocycles. The lowest BCUT2D eigenvalue weighted by Crippen LogP contribution is -2.55. The zero-order valence-corrected chi connectivity index (χ0v) is 30.5. The maximum absolute atomic E-state index is 13.7. The van der Waals surface area contributed by atoms with Gasteiger partial charge in [-0.3, -0.25) is 33.6 Å². The third kappa shape index (κ3) is 16.2. The van der Waals surface area contributed by atoms with Crippen LogP contribution < -0.4 is 43.8 Å². The second-order valence-electron chi connectivity index (χ2n) is 12.5. The van der Waals surface area contributed by atoms with E-state index in [9.17, 15) is 33.6 Å². The predicted octanol–water partition coefficient (Wildman–Crippen LogP) is -0.166. The minimum atomic E-state index is -1.19. The van der Waals surface area contributed by atoms with Crippen molar-refractivity contribution < 1.29 is 33.6 Å². The molecule has 16 heteroatoms. The van der Waals surface area contributed by atoms with Gasteiger partial charge in [0.1, 0.15) is 23.8 Å². The molecule has 0 unspecified atom stereocenters. The Morgan fingerprint density at radius 1 is 0.769 bits per heavy atom. The molecule has 0 fully saturated rings. The Kier molecular flexibility index (Phi) is 18.6. The highest BCUT2D eigenvalue weighted by Crippen LogP contribution is 2.10. The summed E-state index contributed by atoms with van der Waals surface area (Å²) in [4.78, 5) is 89.4. The monoisotopic (exact) mass is 738 g/mol. The first-order valence-electron chi connectivity index (χ1n) is 16.8. The molecule has 2 rings (SSSR count). The Balaban J connectivity index is 2.25. The molecule has 282 valence electrons. The molecule has 0 aliphatic carbocycles. The number of hydrogen-bond acceptors (Lipinski definition) is 9. The van der Waals surface area contributed by atoms with Gasteiger partial charge in [0.15, 0.2) is 0 Å². The van der Waals surface area contributed by atoms with E-state index in [4.69, 9.17) is 17.2 Å². The van der Waals surface area contributed by atoms with Crippen LogP contribution in [-0.4, -0.2) is 84.1 Å². The fourth-order valence-electron chi connectivity index (χ4n) is 4.86. The quantitative estimate of drug-likeness (QED) is 0.0746. The molecule has 7 amide bonds. The lowest BCUT2D eigenvalue weighted by atomic mass is 10.0. The molecule has 0 saturated carbocycles. The molecule has 0 bridgehead atoms. The van der Waals surface area contributed by atoms with Crippen molar-refractivity contribution in [3.8, 4) is 0 Å². The highest BCUT2D eigenvalue weighted by molar-refractivity contribution is 7.98. The number of nitrogens with two attached hydrogens (primary N) is 3. The highest BCUT2D eigenvalue weighted by atomic mass is 32.2. The molecule has 15 nitrogen and oxygen atoms in total. The van der Waals surface area contributed by atoms with Gasteiger partial charge in [0, 0.05) is 12.8 Å². The molecule has 11 N–H and O–H groups in total. The van der Waals surface area contributed by atoms with Crippen molar-refractivity contribution in [3.63, 3.8) is 0 Å². The number of rotatable bonds is 22. The molecule has 0 radical (unpaired) electrons.